The van der Waals surface area contributed by atoms with Crippen molar-refractivity contribution >= 4 is 0 Å². The van der Waals surface area contributed by atoms with Crippen molar-refractivity contribution in [3.05, 3.63) is 53.0 Å². The highest BCUT2D eigenvalue weighted by Gasteiger charge is 2.20. The van der Waals surface area contributed by atoms with Crippen LogP contribution < -0.4 is 10.5 Å². The quantitative estimate of drug-likeness (QED) is 0.865. The van der Waals surface area contributed by atoms with Crippen molar-refractivity contribution in [1.29, 1.82) is 0 Å². The van der Waals surface area contributed by atoms with Gasteiger partial charge in [0.05, 0.1) is 18.8 Å². The monoisotopic (exact) mass is 269 g/mol. The van der Waals surface area contributed by atoms with Crippen molar-refractivity contribution in [3.63, 3.8) is 0 Å². The molecule has 7 heteroatoms. The summed E-state index contributed by atoms with van der Waals surface area (Å²) in [6, 6.07) is 3.79. The van der Waals surface area contributed by atoms with Crippen molar-refractivity contribution in [2.75, 3.05) is 7.11 Å². The van der Waals surface area contributed by atoms with Crippen molar-refractivity contribution in [3.8, 4) is 5.88 Å². The third-order valence-electron chi connectivity index (χ3n) is 2.59. The molecule has 1 aromatic carbocycles. The molecule has 1 unspecified atom stereocenters. The molecular formula is C12H10F3N3O. The first-order valence-electron chi connectivity index (χ1n) is 5.31. The highest BCUT2D eigenvalue weighted by molar-refractivity contribution is 5.30. The molecule has 1 heterocycles. The zero-order valence-electron chi connectivity index (χ0n) is 9.90. The molecule has 1 aromatic heterocycles. The van der Waals surface area contributed by atoms with Crippen LogP contribution in [0.15, 0.2) is 24.3 Å². The van der Waals surface area contributed by atoms with E-state index in [0.29, 0.717) is 0 Å². The van der Waals surface area contributed by atoms with E-state index in [1.165, 1.54) is 19.2 Å². The SMILES string of the molecule is COc1ccc(C(N)c2ccc(F)c(F)c2F)nn1. The molecule has 2 N–H and O–H groups in total. The van der Waals surface area contributed by atoms with Gasteiger partial charge in [0.25, 0.3) is 0 Å². The number of methoxy groups -OCH3 is 1. The average Bonchev–Trinajstić information content (AvgIpc) is 2.44. The smallest absolute Gasteiger partial charge is 0.233 e. The number of hydrogen-bond donors (Lipinski definition) is 1. The fourth-order valence-electron chi connectivity index (χ4n) is 1.55. The van der Waals surface area contributed by atoms with Gasteiger partial charge in [-0.25, -0.2) is 13.2 Å². The first-order chi connectivity index (χ1) is 9.04. The van der Waals surface area contributed by atoms with Gasteiger partial charge in [-0.05, 0) is 12.1 Å². The van der Waals surface area contributed by atoms with Gasteiger partial charge in [-0.3, -0.25) is 0 Å². The first-order valence-corrected chi connectivity index (χ1v) is 5.31. The molecule has 0 spiro atoms. The van der Waals surface area contributed by atoms with Crippen LogP contribution in [0.1, 0.15) is 17.3 Å². The van der Waals surface area contributed by atoms with Crippen LogP contribution in [0, 0.1) is 17.5 Å². The summed E-state index contributed by atoms with van der Waals surface area (Å²) in [6.07, 6.45) is 0. The summed E-state index contributed by atoms with van der Waals surface area (Å²) in [5.74, 6) is -3.89. The third kappa shape index (κ3) is 2.50. The van der Waals surface area contributed by atoms with Crippen molar-refractivity contribution in [2.24, 2.45) is 5.73 Å². The summed E-state index contributed by atoms with van der Waals surface area (Å²) in [6.45, 7) is 0. The maximum absolute atomic E-state index is 13.6. The summed E-state index contributed by atoms with van der Waals surface area (Å²) in [5.41, 5.74) is 5.77. The molecule has 0 bridgehead atoms. The van der Waals surface area contributed by atoms with Crippen molar-refractivity contribution < 1.29 is 17.9 Å². The zero-order valence-corrected chi connectivity index (χ0v) is 9.90. The van der Waals surface area contributed by atoms with Gasteiger partial charge in [-0.2, -0.15) is 0 Å². The number of benzene rings is 1. The van der Waals surface area contributed by atoms with Gasteiger partial charge in [-0.15, -0.1) is 10.2 Å². The lowest BCUT2D eigenvalue weighted by atomic mass is 10.0. The molecule has 0 aliphatic carbocycles. The second kappa shape index (κ2) is 5.23. The normalized spacial score (nSPS) is 12.3. The highest BCUT2D eigenvalue weighted by atomic mass is 19.2. The van der Waals surface area contributed by atoms with E-state index in [0.717, 1.165) is 12.1 Å². The van der Waals surface area contributed by atoms with E-state index in [1.807, 2.05) is 0 Å². The molecule has 2 aromatic rings. The van der Waals surface area contributed by atoms with E-state index in [9.17, 15) is 13.2 Å². The van der Waals surface area contributed by atoms with Crippen LogP contribution in [0.25, 0.3) is 0 Å². The van der Waals surface area contributed by atoms with Crippen LogP contribution in [0.4, 0.5) is 13.2 Å². The molecule has 0 radical (unpaired) electrons. The van der Waals surface area contributed by atoms with Gasteiger partial charge < -0.3 is 10.5 Å². The minimum absolute atomic E-state index is 0.196. The van der Waals surface area contributed by atoms with Gasteiger partial charge in [0.2, 0.25) is 5.88 Å². The molecule has 0 amide bonds. The molecular weight excluding hydrogens is 259 g/mol. The molecule has 0 saturated heterocycles. The van der Waals surface area contributed by atoms with E-state index in [1.54, 1.807) is 0 Å². The van der Waals surface area contributed by atoms with Gasteiger partial charge >= 0.3 is 0 Å². The van der Waals surface area contributed by atoms with Gasteiger partial charge in [0.15, 0.2) is 17.5 Å². The van der Waals surface area contributed by atoms with Crippen LogP contribution in [-0.4, -0.2) is 17.3 Å². The first kappa shape index (κ1) is 13.3. The number of rotatable bonds is 3. The fourth-order valence-corrected chi connectivity index (χ4v) is 1.55. The molecule has 0 aliphatic heterocycles. The van der Waals surface area contributed by atoms with Gasteiger partial charge in [-0.1, -0.05) is 6.07 Å². The Kier molecular flexibility index (Phi) is 3.66. The molecule has 2 rings (SSSR count). The summed E-state index contributed by atoms with van der Waals surface area (Å²) >= 11 is 0. The summed E-state index contributed by atoms with van der Waals surface area (Å²) in [7, 11) is 1.42. The topological polar surface area (TPSA) is 61.0 Å². The Morgan fingerprint density at radius 2 is 1.79 bits per heavy atom. The second-order valence-electron chi connectivity index (χ2n) is 3.74. The Morgan fingerprint density at radius 3 is 2.37 bits per heavy atom. The van der Waals surface area contributed by atoms with E-state index < -0.39 is 23.5 Å². The van der Waals surface area contributed by atoms with Crippen LogP contribution in [0.2, 0.25) is 0 Å². The number of nitrogens with zero attached hydrogens (tertiary/aromatic N) is 2. The maximum atomic E-state index is 13.6. The second-order valence-corrected chi connectivity index (χ2v) is 3.74. The summed E-state index contributed by atoms with van der Waals surface area (Å²) in [5, 5.41) is 7.41. The minimum atomic E-state index is -1.56. The van der Waals surface area contributed by atoms with Gasteiger partial charge in [0.1, 0.15) is 0 Å². The number of halogens is 3. The van der Waals surface area contributed by atoms with E-state index in [2.05, 4.69) is 10.2 Å². The maximum Gasteiger partial charge on any atom is 0.233 e. The highest BCUT2D eigenvalue weighted by Crippen LogP contribution is 2.24. The average molecular weight is 269 g/mol. The van der Waals surface area contributed by atoms with E-state index in [-0.39, 0.29) is 17.1 Å². The molecule has 0 saturated carbocycles. The third-order valence-corrected chi connectivity index (χ3v) is 2.59. The van der Waals surface area contributed by atoms with Gasteiger partial charge in [0, 0.05) is 11.6 Å². The van der Waals surface area contributed by atoms with Crippen molar-refractivity contribution in [2.45, 2.75) is 6.04 Å². The molecule has 19 heavy (non-hydrogen) atoms. The summed E-state index contributed by atoms with van der Waals surface area (Å²) in [4.78, 5) is 0. The molecule has 4 nitrogen and oxygen atoms in total. The molecule has 0 fully saturated rings. The van der Waals surface area contributed by atoms with Crippen LogP contribution >= 0.6 is 0 Å². The van der Waals surface area contributed by atoms with Crippen LogP contribution in [-0.2, 0) is 0 Å². The van der Waals surface area contributed by atoms with Crippen LogP contribution in [0.5, 0.6) is 5.88 Å². The molecule has 1 atom stereocenters. The number of hydrogen-bond acceptors (Lipinski definition) is 4. The fraction of sp³-hybridized carbons (Fsp3) is 0.167. The van der Waals surface area contributed by atoms with Crippen LogP contribution in [0.3, 0.4) is 0 Å². The Bertz CT molecular complexity index is 590. The summed E-state index contributed by atoms with van der Waals surface area (Å²) < 4.78 is 44.3. The number of ether oxygens (including phenoxy) is 1. The zero-order chi connectivity index (χ0) is 14.0. The Morgan fingerprint density at radius 1 is 1.05 bits per heavy atom. The lowest BCUT2D eigenvalue weighted by molar-refractivity contribution is 0.390. The Labute approximate surface area is 107 Å². The lowest BCUT2D eigenvalue weighted by Gasteiger charge is -2.12. The molecule has 0 aliphatic rings. The predicted molar refractivity (Wildman–Crippen MR) is 60.9 cm³/mol. The van der Waals surface area contributed by atoms with E-state index >= 15 is 0 Å². The predicted octanol–water partition coefficient (Wildman–Crippen LogP) is 1.95. The Balaban J connectivity index is 2.38. The lowest BCUT2D eigenvalue weighted by Crippen LogP contribution is -2.17. The number of nitrogens with two attached hydrogens (primary N) is 1. The minimum Gasteiger partial charge on any atom is -0.480 e. The Hall–Kier alpha value is -2.15. The number of aromatic nitrogens is 2. The molecule has 100 valence electrons. The largest absolute Gasteiger partial charge is 0.480 e. The van der Waals surface area contributed by atoms with Crippen molar-refractivity contribution in [1.82, 2.24) is 10.2 Å². The van der Waals surface area contributed by atoms with E-state index in [4.69, 9.17) is 10.5 Å². The standard InChI is InChI=1S/C12H10F3N3O/c1-19-9-5-4-8(17-18-9)12(16)6-2-3-7(13)11(15)10(6)14/h2-5,12H,16H2,1H3.